The average Bonchev–Trinajstić information content (AvgIpc) is 2.93. The molecule has 128 valence electrons. The van der Waals surface area contributed by atoms with Gasteiger partial charge in [0.25, 0.3) is 0 Å². The summed E-state index contributed by atoms with van der Waals surface area (Å²) >= 11 is 0. The molecule has 0 atom stereocenters. The molecule has 6 heteroatoms. The summed E-state index contributed by atoms with van der Waals surface area (Å²) < 4.78 is 14.3. The molecule has 0 aliphatic carbocycles. The van der Waals surface area contributed by atoms with Crippen LogP contribution in [0.25, 0.3) is 28.2 Å². The Hall–Kier alpha value is -2.99. The molecular weight excluding hydrogens is 321 g/mol. The number of nitrogens with two attached hydrogens (primary N) is 1. The molecule has 4 N–H and O–H groups in total. The van der Waals surface area contributed by atoms with E-state index < -0.39 is 17.3 Å². The fourth-order valence-corrected chi connectivity index (χ4v) is 2.68. The smallest absolute Gasteiger partial charge is 0.241 e. The number of fused-ring (bicyclic) bond motifs is 1. The summed E-state index contributed by atoms with van der Waals surface area (Å²) in [5.41, 5.74) is 6.89. The molecule has 0 aliphatic heterocycles. The summed E-state index contributed by atoms with van der Waals surface area (Å²) in [6.07, 6.45) is 6.23. The van der Waals surface area contributed by atoms with Crippen molar-refractivity contribution in [3.63, 3.8) is 0 Å². The number of rotatable bonds is 4. The number of nitrogens with one attached hydrogen (secondary N) is 1. The number of aliphatic hydroxyl groups is 1. The van der Waals surface area contributed by atoms with Crippen LogP contribution in [0.5, 0.6) is 0 Å². The molecule has 2 heterocycles. The molecule has 0 saturated carbocycles. The van der Waals surface area contributed by atoms with E-state index in [2.05, 4.69) is 9.97 Å². The third-order valence-electron chi connectivity index (χ3n) is 3.95. The van der Waals surface area contributed by atoms with Crippen LogP contribution in [-0.4, -0.2) is 21.0 Å². The van der Waals surface area contributed by atoms with Crippen LogP contribution < -0.4 is 5.73 Å². The van der Waals surface area contributed by atoms with Gasteiger partial charge in [-0.3, -0.25) is 4.79 Å². The number of carbonyl (C=O) groups is 1. The number of carbonyl (C=O) groups excluding carboxylic acids is 1. The molecule has 0 radical (unpaired) electrons. The van der Waals surface area contributed by atoms with Crippen molar-refractivity contribution in [2.75, 3.05) is 0 Å². The Labute approximate surface area is 144 Å². The number of aromatic amines is 1. The second-order valence-electron chi connectivity index (χ2n) is 6.35. The first-order valence-electron chi connectivity index (χ1n) is 7.73. The van der Waals surface area contributed by atoms with Crippen molar-refractivity contribution in [3.8, 4) is 11.1 Å². The number of amides is 1. The first-order chi connectivity index (χ1) is 11.8. The van der Waals surface area contributed by atoms with Gasteiger partial charge in [0.1, 0.15) is 11.5 Å². The lowest BCUT2D eigenvalue weighted by molar-refractivity contribution is -0.113. The molecular formula is C19H18FN3O2. The van der Waals surface area contributed by atoms with E-state index in [9.17, 15) is 14.3 Å². The molecule has 5 nitrogen and oxygen atoms in total. The number of benzene rings is 1. The molecule has 0 fully saturated rings. The van der Waals surface area contributed by atoms with E-state index in [0.717, 1.165) is 16.5 Å². The number of nitrogens with zero attached hydrogens (tertiary/aromatic N) is 1. The van der Waals surface area contributed by atoms with Crippen LogP contribution in [0.4, 0.5) is 4.39 Å². The fourth-order valence-electron chi connectivity index (χ4n) is 2.68. The molecule has 1 aromatic carbocycles. The van der Waals surface area contributed by atoms with Gasteiger partial charge in [0.2, 0.25) is 5.91 Å². The van der Waals surface area contributed by atoms with Crippen molar-refractivity contribution in [1.29, 1.82) is 0 Å². The van der Waals surface area contributed by atoms with E-state index >= 15 is 0 Å². The highest BCUT2D eigenvalue weighted by Crippen LogP contribution is 2.29. The normalized spacial score (nSPS) is 12.2. The van der Waals surface area contributed by atoms with E-state index in [4.69, 9.17) is 5.73 Å². The summed E-state index contributed by atoms with van der Waals surface area (Å²) in [5, 5.41) is 10.8. The van der Waals surface area contributed by atoms with Gasteiger partial charge in [-0.2, -0.15) is 0 Å². The highest BCUT2D eigenvalue weighted by Gasteiger charge is 2.20. The van der Waals surface area contributed by atoms with Crippen LogP contribution in [0.1, 0.15) is 25.0 Å². The summed E-state index contributed by atoms with van der Waals surface area (Å²) in [5.74, 6) is -1.02. The number of hydrogen-bond acceptors (Lipinski definition) is 3. The number of halogens is 1. The maximum atomic E-state index is 14.3. The molecule has 0 aliphatic rings. The van der Waals surface area contributed by atoms with Crippen LogP contribution in [0, 0.1) is 5.82 Å². The highest BCUT2D eigenvalue weighted by atomic mass is 19.1. The first-order valence-corrected chi connectivity index (χ1v) is 7.73. The molecule has 0 saturated heterocycles. The zero-order chi connectivity index (χ0) is 18.2. The minimum absolute atomic E-state index is 0.233. The van der Waals surface area contributed by atoms with E-state index in [1.165, 1.54) is 26.0 Å². The van der Waals surface area contributed by atoms with Crippen molar-refractivity contribution in [1.82, 2.24) is 9.97 Å². The molecule has 3 aromatic rings. The summed E-state index contributed by atoms with van der Waals surface area (Å²) in [6, 6.07) is 6.55. The Morgan fingerprint density at radius 3 is 2.72 bits per heavy atom. The van der Waals surface area contributed by atoms with Gasteiger partial charge in [0, 0.05) is 40.5 Å². The molecule has 25 heavy (non-hydrogen) atoms. The molecule has 2 aromatic heterocycles. The van der Waals surface area contributed by atoms with Crippen LogP contribution in [0.15, 0.2) is 42.7 Å². The van der Waals surface area contributed by atoms with E-state index in [-0.39, 0.29) is 5.56 Å². The maximum absolute atomic E-state index is 14.3. The number of primary amides is 1. The Morgan fingerprint density at radius 2 is 2.08 bits per heavy atom. The zero-order valence-corrected chi connectivity index (χ0v) is 13.9. The minimum Gasteiger partial charge on any atom is -0.386 e. The van der Waals surface area contributed by atoms with E-state index in [1.54, 1.807) is 30.6 Å². The largest absolute Gasteiger partial charge is 0.386 e. The summed E-state index contributed by atoms with van der Waals surface area (Å²) in [4.78, 5) is 18.3. The van der Waals surface area contributed by atoms with Gasteiger partial charge in [-0.15, -0.1) is 0 Å². The monoisotopic (exact) mass is 339 g/mol. The van der Waals surface area contributed by atoms with Crippen LogP contribution in [-0.2, 0) is 10.4 Å². The zero-order valence-electron chi connectivity index (χ0n) is 13.9. The summed E-state index contributed by atoms with van der Waals surface area (Å²) in [6.45, 7) is 3.08. The van der Waals surface area contributed by atoms with Crippen molar-refractivity contribution < 1.29 is 14.3 Å². The topological polar surface area (TPSA) is 92.0 Å². The predicted octanol–water partition coefficient (Wildman–Crippen LogP) is 3.09. The SMILES string of the molecule is CC(C)(O)c1ccc(-c2cnc3[nH]cc(/C=C/C(N)=O)c3c2)cc1F. The van der Waals surface area contributed by atoms with Gasteiger partial charge < -0.3 is 15.8 Å². The Balaban J connectivity index is 2.06. The predicted molar refractivity (Wildman–Crippen MR) is 95.0 cm³/mol. The molecule has 0 bridgehead atoms. The van der Waals surface area contributed by atoms with Gasteiger partial charge in [-0.1, -0.05) is 12.1 Å². The highest BCUT2D eigenvalue weighted by molar-refractivity contribution is 5.95. The first kappa shape index (κ1) is 16.9. The van der Waals surface area contributed by atoms with E-state index in [0.29, 0.717) is 11.2 Å². The quantitative estimate of drug-likeness (QED) is 0.638. The number of hydrogen-bond donors (Lipinski definition) is 3. The van der Waals surface area contributed by atoms with Crippen molar-refractivity contribution in [2.24, 2.45) is 5.73 Å². The number of pyridine rings is 1. The second-order valence-corrected chi connectivity index (χ2v) is 6.35. The molecule has 0 unspecified atom stereocenters. The lowest BCUT2D eigenvalue weighted by Gasteiger charge is -2.19. The third-order valence-corrected chi connectivity index (χ3v) is 3.95. The van der Waals surface area contributed by atoms with E-state index in [1.807, 2.05) is 6.07 Å². The summed E-state index contributed by atoms with van der Waals surface area (Å²) in [7, 11) is 0. The Kier molecular flexibility index (Phi) is 4.14. The van der Waals surface area contributed by atoms with Crippen LogP contribution in [0.3, 0.4) is 0 Å². The van der Waals surface area contributed by atoms with Crippen LogP contribution >= 0.6 is 0 Å². The van der Waals surface area contributed by atoms with Gasteiger partial charge in [-0.25, -0.2) is 9.37 Å². The standard InChI is InChI=1S/C19H18FN3O2/c1-19(2,25)15-5-3-11(8-16(15)20)13-7-14-12(4-6-17(21)24)9-22-18(14)23-10-13/h3-10,25H,1-2H3,(H2,21,24)(H,22,23)/b6-4+. The average molecular weight is 339 g/mol. The Morgan fingerprint density at radius 1 is 1.32 bits per heavy atom. The van der Waals surface area contributed by atoms with Crippen molar-refractivity contribution >= 4 is 23.0 Å². The minimum atomic E-state index is -1.25. The lowest BCUT2D eigenvalue weighted by Crippen LogP contribution is -2.17. The van der Waals surface area contributed by atoms with Crippen LogP contribution in [0.2, 0.25) is 0 Å². The van der Waals surface area contributed by atoms with Gasteiger partial charge in [0.15, 0.2) is 0 Å². The Bertz CT molecular complexity index is 984. The second kappa shape index (κ2) is 6.14. The molecule has 3 rings (SSSR count). The van der Waals surface area contributed by atoms with Gasteiger partial charge >= 0.3 is 0 Å². The maximum Gasteiger partial charge on any atom is 0.241 e. The fraction of sp³-hybridized carbons (Fsp3) is 0.158. The van der Waals surface area contributed by atoms with Crippen molar-refractivity contribution in [3.05, 3.63) is 59.7 Å². The third kappa shape index (κ3) is 3.44. The lowest BCUT2D eigenvalue weighted by atomic mass is 9.95. The van der Waals surface area contributed by atoms with Gasteiger partial charge in [0.05, 0.1) is 5.60 Å². The number of aromatic nitrogens is 2. The van der Waals surface area contributed by atoms with Gasteiger partial charge in [-0.05, 0) is 37.6 Å². The number of H-pyrrole nitrogens is 1. The molecule has 1 amide bonds. The van der Waals surface area contributed by atoms with Crippen molar-refractivity contribution in [2.45, 2.75) is 19.4 Å². The molecule has 0 spiro atoms.